The van der Waals surface area contributed by atoms with Crippen LogP contribution in [0.15, 0.2) is 22.8 Å². The van der Waals surface area contributed by atoms with Gasteiger partial charge in [-0.15, -0.1) is 0 Å². The SMILES string of the molecule is CC1CCN(C[C@@H]2CN3CC[C@H]2C[C@@H]3CNC(=S)NCc2ccco2)CC1. The molecule has 0 spiro atoms. The van der Waals surface area contributed by atoms with Gasteiger partial charge in [0.1, 0.15) is 5.76 Å². The molecule has 27 heavy (non-hydrogen) atoms. The van der Waals surface area contributed by atoms with Gasteiger partial charge < -0.3 is 20.0 Å². The van der Waals surface area contributed by atoms with E-state index in [2.05, 4.69) is 27.4 Å². The number of likely N-dealkylation sites (tertiary alicyclic amines) is 1. The van der Waals surface area contributed by atoms with Crippen LogP contribution in [-0.4, -0.2) is 60.2 Å². The summed E-state index contributed by atoms with van der Waals surface area (Å²) in [5.41, 5.74) is 0. The summed E-state index contributed by atoms with van der Waals surface area (Å²) >= 11 is 5.43. The molecule has 4 fully saturated rings. The molecule has 4 saturated heterocycles. The topological polar surface area (TPSA) is 43.7 Å². The Kier molecular flexibility index (Phi) is 6.35. The molecular weight excluding hydrogens is 356 g/mol. The summed E-state index contributed by atoms with van der Waals surface area (Å²) in [6, 6.07) is 4.50. The van der Waals surface area contributed by atoms with Gasteiger partial charge in [0.2, 0.25) is 0 Å². The van der Waals surface area contributed by atoms with E-state index in [-0.39, 0.29) is 0 Å². The Morgan fingerprint density at radius 2 is 2.07 bits per heavy atom. The van der Waals surface area contributed by atoms with E-state index in [9.17, 15) is 0 Å². The van der Waals surface area contributed by atoms with Crippen molar-refractivity contribution in [2.75, 3.05) is 39.3 Å². The normalized spacial score (nSPS) is 31.7. The van der Waals surface area contributed by atoms with Crippen molar-refractivity contribution in [2.24, 2.45) is 17.8 Å². The summed E-state index contributed by atoms with van der Waals surface area (Å²) in [6.45, 7) is 10.5. The van der Waals surface area contributed by atoms with E-state index in [0.717, 1.165) is 35.2 Å². The van der Waals surface area contributed by atoms with Gasteiger partial charge in [-0.2, -0.15) is 0 Å². The third kappa shape index (κ3) is 5.04. The van der Waals surface area contributed by atoms with E-state index in [1.807, 2.05) is 12.1 Å². The Balaban J connectivity index is 1.19. The molecule has 1 aromatic heterocycles. The van der Waals surface area contributed by atoms with E-state index in [1.165, 1.54) is 58.4 Å². The number of furan rings is 1. The maximum atomic E-state index is 5.43. The molecule has 0 radical (unpaired) electrons. The average Bonchev–Trinajstić information content (AvgIpc) is 3.21. The third-order valence-corrected chi connectivity index (χ3v) is 7.17. The number of fused-ring (bicyclic) bond motifs is 3. The van der Waals surface area contributed by atoms with Crippen molar-refractivity contribution in [1.82, 2.24) is 20.4 Å². The molecule has 5 heterocycles. The van der Waals surface area contributed by atoms with Crippen LogP contribution >= 0.6 is 12.2 Å². The lowest BCUT2D eigenvalue weighted by atomic mass is 9.75. The van der Waals surface area contributed by atoms with Crippen LogP contribution in [0.25, 0.3) is 0 Å². The highest BCUT2D eigenvalue weighted by atomic mass is 32.1. The predicted molar refractivity (Wildman–Crippen MR) is 113 cm³/mol. The lowest BCUT2D eigenvalue weighted by Gasteiger charge is -2.51. The standard InChI is InChI=1S/C21H34N4OS/c1-16-4-7-24(8-5-16)14-18-15-25-9-6-17(18)11-19(25)12-22-21(27)23-13-20-3-2-10-26-20/h2-3,10,16-19H,4-9,11-15H2,1H3,(H2,22,23,27)/t17-,18+,19+/m0/s1. The second kappa shape index (κ2) is 8.93. The van der Waals surface area contributed by atoms with Crippen LogP contribution in [-0.2, 0) is 6.54 Å². The number of piperidine rings is 4. The fraction of sp³-hybridized carbons (Fsp3) is 0.762. The molecule has 0 saturated carbocycles. The van der Waals surface area contributed by atoms with E-state index in [1.54, 1.807) is 6.26 Å². The quantitative estimate of drug-likeness (QED) is 0.728. The van der Waals surface area contributed by atoms with Gasteiger partial charge >= 0.3 is 0 Å². The minimum atomic E-state index is 0.629. The van der Waals surface area contributed by atoms with Gasteiger partial charge in [-0.3, -0.25) is 4.90 Å². The molecule has 1 unspecified atom stereocenters. The largest absolute Gasteiger partial charge is 0.467 e. The lowest BCUT2D eigenvalue weighted by molar-refractivity contribution is -0.0139. The number of nitrogens with one attached hydrogen (secondary N) is 2. The third-order valence-electron chi connectivity index (χ3n) is 6.88. The number of hydrogen-bond acceptors (Lipinski definition) is 4. The maximum absolute atomic E-state index is 5.43. The molecule has 2 bridgehead atoms. The van der Waals surface area contributed by atoms with Gasteiger partial charge in [0.25, 0.3) is 0 Å². The summed E-state index contributed by atoms with van der Waals surface area (Å²) in [4.78, 5) is 5.44. The smallest absolute Gasteiger partial charge is 0.166 e. The van der Waals surface area contributed by atoms with Crippen LogP contribution in [0.1, 0.15) is 38.4 Å². The highest BCUT2D eigenvalue weighted by Gasteiger charge is 2.40. The predicted octanol–water partition coefficient (Wildman–Crippen LogP) is 2.69. The molecule has 0 amide bonds. The first-order valence-electron chi connectivity index (χ1n) is 10.7. The highest BCUT2D eigenvalue weighted by Crippen LogP contribution is 2.37. The summed E-state index contributed by atoms with van der Waals surface area (Å²) in [6.07, 6.45) is 7.17. The van der Waals surface area contributed by atoms with Crippen molar-refractivity contribution in [3.05, 3.63) is 24.2 Å². The molecule has 4 aliphatic heterocycles. The summed E-state index contributed by atoms with van der Waals surface area (Å²) in [5, 5.41) is 7.39. The molecule has 0 aromatic carbocycles. The van der Waals surface area contributed by atoms with Crippen molar-refractivity contribution in [3.63, 3.8) is 0 Å². The molecule has 5 nitrogen and oxygen atoms in total. The van der Waals surface area contributed by atoms with Crippen molar-refractivity contribution in [3.8, 4) is 0 Å². The van der Waals surface area contributed by atoms with Crippen LogP contribution in [0.3, 0.4) is 0 Å². The van der Waals surface area contributed by atoms with Gasteiger partial charge in [-0.25, -0.2) is 0 Å². The average molecular weight is 391 g/mol. The summed E-state index contributed by atoms with van der Waals surface area (Å²) in [5.74, 6) is 3.60. The minimum Gasteiger partial charge on any atom is -0.467 e. The zero-order chi connectivity index (χ0) is 18.6. The summed E-state index contributed by atoms with van der Waals surface area (Å²) < 4.78 is 5.34. The van der Waals surface area contributed by atoms with Crippen LogP contribution < -0.4 is 10.6 Å². The Hall–Kier alpha value is -1.11. The lowest BCUT2D eigenvalue weighted by Crippen LogP contribution is -2.59. The van der Waals surface area contributed by atoms with Crippen molar-refractivity contribution < 1.29 is 4.42 Å². The van der Waals surface area contributed by atoms with Crippen molar-refractivity contribution in [2.45, 2.75) is 45.2 Å². The fourth-order valence-corrected chi connectivity index (χ4v) is 5.25. The molecule has 1 aromatic rings. The van der Waals surface area contributed by atoms with E-state index < -0.39 is 0 Å². The molecule has 4 atom stereocenters. The Labute approximate surface area is 168 Å². The van der Waals surface area contributed by atoms with Crippen LogP contribution in [0.2, 0.25) is 0 Å². The van der Waals surface area contributed by atoms with Gasteiger partial charge in [-0.1, -0.05) is 6.92 Å². The molecule has 6 heteroatoms. The molecule has 5 rings (SSSR count). The molecule has 4 aliphatic rings. The van der Waals surface area contributed by atoms with Crippen LogP contribution in [0.4, 0.5) is 0 Å². The zero-order valence-corrected chi connectivity index (χ0v) is 17.3. The van der Waals surface area contributed by atoms with Crippen molar-refractivity contribution >= 4 is 17.3 Å². The van der Waals surface area contributed by atoms with E-state index in [0.29, 0.717) is 12.6 Å². The maximum Gasteiger partial charge on any atom is 0.166 e. The molecule has 150 valence electrons. The monoisotopic (exact) mass is 390 g/mol. The van der Waals surface area contributed by atoms with E-state index >= 15 is 0 Å². The van der Waals surface area contributed by atoms with Crippen LogP contribution in [0.5, 0.6) is 0 Å². The first-order valence-corrected chi connectivity index (χ1v) is 11.1. The Morgan fingerprint density at radius 1 is 1.22 bits per heavy atom. The minimum absolute atomic E-state index is 0.629. The number of rotatable bonds is 6. The van der Waals surface area contributed by atoms with Gasteiger partial charge in [0, 0.05) is 25.7 Å². The van der Waals surface area contributed by atoms with Gasteiger partial charge in [0.15, 0.2) is 5.11 Å². The van der Waals surface area contributed by atoms with Crippen molar-refractivity contribution in [1.29, 1.82) is 0 Å². The Bertz CT molecular complexity index is 599. The second-order valence-corrected chi connectivity index (χ2v) is 9.23. The zero-order valence-electron chi connectivity index (χ0n) is 16.5. The number of nitrogens with zero attached hydrogens (tertiary/aromatic N) is 2. The fourth-order valence-electron chi connectivity index (χ4n) is 5.10. The molecule has 0 aliphatic carbocycles. The number of hydrogen-bond donors (Lipinski definition) is 2. The van der Waals surface area contributed by atoms with Gasteiger partial charge in [-0.05, 0) is 87.4 Å². The summed E-state index contributed by atoms with van der Waals surface area (Å²) in [7, 11) is 0. The van der Waals surface area contributed by atoms with Crippen LogP contribution in [0, 0.1) is 17.8 Å². The highest BCUT2D eigenvalue weighted by molar-refractivity contribution is 7.80. The second-order valence-electron chi connectivity index (χ2n) is 8.82. The first-order chi connectivity index (χ1) is 13.2. The Morgan fingerprint density at radius 3 is 2.78 bits per heavy atom. The molecule has 2 N–H and O–H groups in total. The van der Waals surface area contributed by atoms with E-state index in [4.69, 9.17) is 16.6 Å². The molecular formula is C21H34N4OS. The van der Waals surface area contributed by atoms with Gasteiger partial charge in [0.05, 0.1) is 12.8 Å². The number of thiocarbonyl (C=S) groups is 1. The first kappa shape index (κ1) is 19.2.